The molecule has 1 N–H and O–H groups in total. The van der Waals surface area contributed by atoms with Crippen LogP contribution in [0.15, 0.2) is 30.5 Å². The van der Waals surface area contributed by atoms with E-state index < -0.39 is 0 Å². The Morgan fingerprint density at radius 3 is 2.69 bits per heavy atom. The van der Waals surface area contributed by atoms with E-state index in [1.807, 2.05) is 37.4 Å². The number of hydrogen-bond acceptors (Lipinski definition) is 1. The number of H-pyrrole nitrogens is 1. The Kier molecular flexibility index (Phi) is 2.69. The zero-order chi connectivity index (χ0) is 11.7. The van der Waals surface area contributed by atoms with E-state index in [-0.39, 0.29) is 11.8 Å². The van der Waals surface area contributed by atoms with Crippen molar-refractivity contribution in [2.45, 2.75) is 12.8 Å². The van der Waals surface area contributed by atoms with Crippen LogP contribution in [0.5, 0.6) is 0 Å². The van der Waals surface area contributed by atoms with Gasteiger partial charge in [0.15, 0.2) is 0 Å². The van der Waals surface area contributed by atoms with Crippen LogP contribution in [-0.2, 0) is 4.79 Å². The van der Waals surface area contributed by atoms with E-state index in [9.17, 15) is 4.79 Å². The second-order valence-electron chi connectivity index (χ2n) is 4.24. The first-order chi connectivity index (χ1) is 7.61. The zero-order valence-corrected chi connectivity index (χ0v) is 9.82. The molecule has 1 heterocycles. The summed E-state index contributed by atoms with van der Waals surface area (Å²) in [7, 11) is 3.57. The van der Waals surface area contributed by atoms with Crippen LogP contribution in [0, 0.1) is 0 Å². The Bertz CT molecular complexity index is 513. The smallest absolute Gasteiger partial charge is 0.229 e. The van der Waals surface area contributed by atoms with Gasteiger partial charge in [0.2, 0.25) is 5.91 Å². The molecular formula is C13H16N2O. The van der Waals surface area contributed by atoms with Crippen LogP contribution in [0.4, 0.5) is 0 Å². The first-order valence-corrected chi connectivity index (χ1v) is 5.38. The fourth-order valence-electron chi connectivity index (χ4n) is 1.97. The van der Waals surface area contributed by atoms with Gasteiger partial charge in [-0.15, -0.1) is 0 Å². The molecule has 1 aromatic carbocycles. The van der Waals surface area contributed by atoms with Gasteiger partial charge in [0, 0.05) is 31.2 Å². The van der Waals surface area contributed by atoms with Gasteiger partial charge in [0.25, 0.3) is 0 Å². The second kappa shape index (κ2) is 4.00. The number of nitrogens with one attached hydrogen (secondary N) is 1. The average Bonchev–Trinajstić information content (AvgIpc) is 2.70. The topological polar surface area (TPSA) is 36.1 Å². The molecule has 84 valence electrons. The summed E-state index contributed by atoms with van der Waals surface area (Å²) in [5.74, 6) is 0.0240. The molecule has 1 atom stereocenters. The van der Waals surface area contributed by atoms with Crippen LogP contribution in [0.1, 0.15) is 18.4 Å². The summed E-state index contributed by atoms with van der Waals surface area (Å²) in [6.45, 7) is 1.94. The molecule has 0 aliphatic carbocycles. The minimum Gasteiger partial charge on any atom is -0.361 e. The Morgan fingerprint density at radius 2 is 2.00 bits per heavy atom. The number of fused-ring (bicyclic) bond motifs is 1. The Hall–Kier alpha value is -1.77. The number of para-hydroxylation sites is 1. The molecule has 1 amide bonds. The monoisotopic (exact) mass is 216 g/mol. The molecule has 16 heavy (non-hydrogen) atoms. The highest BCUT2D eigenvalue weighted by Crippen LogP contribution is 2.26. The maximum atomic E-state index is 11.9. The molecule has 0 aliphatic rings. The third kappa shape index (κ3) is 1.69. The highest BCUT2D eigenvalue weighted by molar-refractivity contribution is 5.91. The van der Waals surface area contributed by atoms with Crippen LogP contribution >= 0.6 is 0 Å². The number of benzene rings is 1. The van der Waals surface area contributed by atoms with Crippen LogP contribution < -0.4 is 0 Å². The number of likely N-dealkylation sites (N-methyl/N-ethyl adjacent to an activating group) is 1. The number of carbonyl (C=O) groups is 1. The molecule has 0 saturated carbocycles. The average molecular weight is 216 g/mol. The van der Waals surface area contributed by atoms with Crippen LogP contribution in [0.25, 0.3) is 10.9 Å². The van der Waals surface area contributed by atoms with E-state index in [0.717, 1.165) is 16.5 Å². The molecule has 1 unspecified atom stereocenters. The largest absolute Gasteiger partial charge is 0.361 e. The van der Waals surface area contributed by atoms with E-state index in [1.54, 1.807) is 19.0 Å². The molecule has 0 spiro atoms. The Balaban J connectivity index is 2.44. The van der Waals surface area contributed by atoms with Gasteiger partial charge in [-0.25, -0.2) is 0 Å². The van der Waals surface area contributed by atoms with Gasteiger partial charge in [-0.2, -0.15) is 0 Å². The lowest BCUT2D eigenvalue weighted by molar-refractivity contribution is -0.129. The Morgan fingerprint density at radius 1 is 1.31 bits per heavy atom. The standard InChI is InChI=1S/C13H16N2O/c1-9(13(16)15(2)3)11-8-14-12-7-5-4-6-10(11)12/h4-9,14H,1-3H3. The number of rotatable bonds is 2. The maximum absolute atomic E-state index is 11.9. The van der Waals surface area contributed by atoms with Crippen molar-refractivity contribution in [3.05, 3.63) is 36.0 Å². The van der Waals surface area contributed by atoms with E-state index >= 15 is 0 Å². The minimum absolute atomic E-state index is 0.105. The summed E-state index contributed by atoms with van der Waals surface area (Å²) in [6, 6.07) is 8.04. The molecule has 3 heteroatoms. The van der Waals surface area contributed by atoms with Gasteiger partial charge in [0.05, 0.1) is 5.92 Å². The van der Waals surface area contributed by atoms with E-state index in [2.05, 4.69) is 4.98 Å². The predicted octanol–water partition coefficient (Wildman–Crippen LogP) is 2.36. The Labute approximate surface area is 95.1 Å². The van der Waals surface area contributed by atoms with E-state index in [4.69, 9.17) is 0 Å². The molecule has 0 saturated heterocycles. The zero-order valence-electron chi connectivity index (χ0n) is 9.82. The van der Waals surface area contributed by atoms with Crippen molar-refractivity contribution in [3.63, 3.8) is 0 Å². The SMILES string of the molecule is CC(C(=O)N(C)C)c1c[nH]c2ccccc12. The highest BCUT2D eigenvalue weighted by atomic mass is 16.2. The van der Waals surface area contributed by atoms with Crippen molar-refractivity contribution in [1.29, 1.82) is 0 Å². The molecule has 2 aromatic rings. The van der Waals surface area contributed by atoms with Crippen LogP contribution in [0.2, 0.25) is 0 Å². The lowest BCUT2D eigenvalue weighted by atomic mass is 9.99. The van der Waals surface area contributed by atoms with Gasteiger partial charge in [-0.1, -0.05) is 18.2 Å². The predicted molar refractivity (Wildman–Crippen MR) is 65.4 cm³/mol. The number of amides is 1. The number of hydrogen-bond donors (Lipinski definition) is 1. The number of aromatic nitrogens is 1. The second-order valence-corrected chi connectivity index (χ2v) is 4.24. The molecule has 0 aliphatic heterocycles. The highest BCUT2D eigenvalue weighted by Gasteiger charge is 2.19. The number of carbonyl (C=O) groups excluding carboxylic acids is 1. The van der Waals surface area contributed by atoms with Crippen LogP contribution in [-0.4, -0.2) is 29.9 Å². The van der Waals surface area contributed by atoms with Crippen molar-refractivity contribution < 1.29 is 4.79 Å². The summed E-state index contributed by atoms with van der Waals surface area (Å²) >= 11 is 0. The molecule has 3 nitrogen and oxygen atoms in total. The van der Waals surface area contributed by atoms with Crippen molar-refractivity contribution in [1.82, 2.24) is 9.88 Å². The first-order valence-electron chi connectivity index (χ1n) is 5.38. The van der Waals surface area contributed by atoms with Gasteiger partial charge < -0.3 is 9.88 Å². The summed E-state index contributed by atoms with van der Waals surface area (Å²) in [5, 5.41) is 1.13. The van der Waals surface area contributed by atoms with Gasteiger partial charge >= 0.3 is 0 Å². The summed E-state index contributed by atoms with van der Waals surface area (Å²) in [4.78, 5) is 16.7. The van der Waals surface area contributed by atoms with Crippen molar-refractivity contribution in [2.24, 2.45) is 0 Å². The van der Waals surface area contributed by atoms with E-state index in [1.165, 1.54) is 0 Å². The van der Waals surface area contributed by atoms with Crippen molar-refractivity contribution in [3.8, 4) is 0 Å². The molecule has 2 rings (SSSR count). The molecule has 0 fully saturated rings. The van der Waals surface area contributed by atoms with Gasteiger partial charge in [-0.05, 0) is 18.6 Å². The molecular weight excluding hydrogens is 200 g/mol. The maximum Gasteiger partial charge on any atom is 0.229 e. The minimum atomic E-state index is -0.105. The number of aromatic amines is 1. The van der Waals surface area contributed by atoms with Gasteiger partial charge in [0.1, 0.15) is 0 Å². The van der Waals surface area contributed by atoms with Crippen molar-refractivity contribution in [2.75, 3.05) is 14.1 Å². The summed E-state index contributed by atoms with van der Waals surface area (Å²) in [6.07, 6.45) is 1.93. The fraction of sp³-hybridized carbons (Fsp3) is 0.308. The van der Waals surface area contributed by atoms with Crippen molar-refractivity contribution >= 4 is 16.8 Å². The first kappa shape index (κ1) is 10.7. The third-order valence-electron chi connectivity index (χ3n) is 2.90. The lowest BCUT2D eigenvalue weighted by Crippen LogP contribution is -2.26. The van der Waals surface area contributed by atoms with E-state index in [0.29, 0.717) is 0 Å². The summed E-state index contributed by atoms with van der Waals surface area (Å²) < 4.78 is 0. The molecule has 1 aromatic heterocycles. The number of nitrogens with zero attached hydrogens (tertiary/aromatic N) is 1. The van der Waals surface area contributed by atoms with Crippen LogP contribution in [0.3, 0.4) is 0 Å². The lowest BCUT2D eigenvalue weighted by Gasteiger charge is -2.16. The summed E-state index contributed by atoms with van der Waals surface area (Å²) in [5.41, 5.74) is 2.14. The normalized spacial score (nSPS) is 12.7. The quantitative estimate of drug-likeness (QED) is 0.822. The van der Waals surface area contributed by atoms with Gasteiger partial charge in [-0.3, -0.25) is 4.79 Å². The third-order valence-corrected chi connectivity index (χ3v) is 2.90. The molecule has 0 radical (unpaired) electrons. The molecule has 0 bridgehead atoms. The fourth-order valence-corrected chi connectivity index (χ4v) is 1.97.